The van der Waals surface area contributed by atoms with E-state index in [4.69, 9.17) is 0 Å². The molecule has 0 amide bonds. The molecule has 1 heterocycles. The van der Waals surface area contributed by atoms with Crippen LogP contribution in [0.2, 0.25) is 0 Å². The third-order valence-corrected chi connectivity index (χ3v) is 2.23. The molecule has 0 aliphatic carbocycles. The van der Waals surface area contributed by atoms with Gasteiger partial charge >= 0.3 is 0 Å². The number of carbonyl (C=O) groups excluding carboxylic acids is 1. The molecular formula is C14H11NO. The lowest BCUT2D eigenvalue weighted by molar-refractivity contribution is -0.104. The summed E-state index contributed by atoms with van der Waals surface area (Å²) in [5, 5.41) is 0. The number of aromatic nitrogens is 1. The molecule has 78 valence electrons. The molecule has 2 aromatic rings. The zero-order valence-electron chi connectivity index (χ0n) is 8.71. The van der Waals surface area contributed by atoms with Crippen molar-refractivity contribution in [1.82, 2.24) is 4.98 Å². The molecule has 16 heavy (non-hydrogen) atoms. The average molecular weight is 209 g/mol. The molecule has 2 rings (SSSR count). The van der Waals surface area contributed by atoms with Crippen molar-refractivity contribution < 1.29 is 4.79 Å². The molecule has 0 radical (unpaired) electrons. The van der Waals surface area contributed by atoms with E-state index in [2.05, 4.69) is 4.98 Å². The molecule has 0 spiro atoms. The van der Waals surface area contributed by atoms with E-state index in [1.54, 1.807) is 12.3 Å². The molecule has 0 saturated carbocycles. The number of benzene rings is 1. The fourth-order valence-corrected chi connectivity index (χ4v) is 1.49. The van der Waals surface area contributed by atoms with Crippen LogP contribution in [0.25, 0.3) is 17.2 Å². The standard InChI is InChI=1S/C14H11NO/c16-10-4-7-14-11-13(8-9-15-14)12-5-2-1-3-6-12/h1-11H. The van der Waals surface area contributed by atoms with Crippen LogP contribution in [0.1, 0.15) is 5.69 Å². The molecular weight excluding hydrogens is 198 g/mol. The van der Waals surface area contributed by atoms with E-state index in [1.165, 1.54) is 6.08 Å². The molecule has 1 aromatic carbocycles. The summed E-state index contributed by atoms with van der Waals surface area (Å²) in [6.07, 6.45) is 5.63. The van der Waals surface area contributed by atoms with E-state index in [1.807, 2.05) is 42.5 Å². The molecule has 1 aromatic heterocycles. The highest BCUT2D eigenvalue weighted by Gasteiger charge is 1.97. The SMILES string of the molecule is O=CC=Cc1cc(-c2ccccc2)ccn1. The Morgan fingerprint density at radius 1 is 1.00 bits per heavy atom. The van der Waals surface area contributed by atoms with Gasteiger partial charge in [-0.15, -0.1) is 0 Å². The third-order valence-electron chi connectivity index (χ3n) is 2.23. The smallest absolute Gasteiger partial charge is 0.142 e. The first-order valence-electron chi connectivity index (χ1n) is 5.03. The lowest BCUT2D eigenvalue weighted by Gasteiger charge is -2.01. The molecule has 0 aliphatic rings. The van der Waals surface area contributed by atoms with Crippen molar-refractivity contribution in [3.05, 3.63) is 60.4 Å². The van der Waals surface area contributed by atoms with Crippen LogP contribution in [0.4, 0.5) is 0 Å². The second-order valence-electron chi connectivity index (χ2n) is 3.33. The van der Waals surface area contributed by atoms with Crippen LogP contribution in [0, 0.1) is 0 Å². The second-order valence-corrected chi connectivity index (χ2v) is 3.33. The summed E-state index contributed by atoms with van der Waals surface area (Å²) in [6, 6.07) is 14.0. The van der Waals surface area contributed by atoms with Gasteiger partial charge in [-0.3, -0.25) is 9.78 Å². The lowest BCUT2D eigenvalue weighted by Crippen LogP contribution is -1.83. The Morgan fingerprint density at radius 3 is 2.56 bits per heavy atom. The van der Waals surface area contributed by atoms with Crippen molar-refractivity contribution in [2.75, 3.05) is 0 Å². The topological polar surface area (TPSA) is 30.0 Å². The number of rotatable bonds is 3. The van der Waals surface area contributed by atoms with Crippen molar-refractivity contribution in [2.24, 2.45) is 0 Å². The van der Waals surface area contributed by atoms with Gasteiger partial charge in [0.05, 0.1) is 5.69 Å². The number of hydrogen-bond donors (Lipinski definition) is 0. The van der Waals surface area contributed by atoms with Gasteiger partial charge in [0.2, 0.25) is 0 Å². The summed E-state index contributed by atoms with van der Waals surface area (Å²) < 4.78 is 0. The average Bonchev–Trinajstić information content (AvgIpc) is 2.38. The van der Waals surface area contributed by atoms with Crippen LogP contribution in [-0.4, -0.2) is 11.3 Å². The summed E-state index contributed by atoms with van der Waals surface area (Å²) in [4.78, 5) is 14.4. The Balaban J connectivity index is 2.36. The number of aldehydes is 1. The highest BCUT2D eigenvalue weighted by atomic mass is 16.1. The van der Waals surface area contributed by atoms with Gasteiger partial charge in [-0.2, -0.15) is 0 Å². The summed E-state index contributed by atoms with van der Waals surface area (Å²) in [5.74, 6) is 0. The first kappa shape index (κ1) is 10.3. The van der Waals surface area contributed by atoms with E-state index >= 15 is 0 Å². The van der Waals surface area contributed by atoms with Crippen LogP contribution in [0.3, 0.4) is 0 Å². The van der Waals surface area contributed by atoms with Gasteiger partial charge in [-0.1, -0.05) is 30.3 Å². The normalized spacial score (nSPS) is 10.5. The van der Waals surface area contributed by atoms with Crippen LogP contribution in [-0.2, 0) is 4.79 Å². The van der Waals surface area contributed by atoms with Gasteiger partial charge in [0.15, 0.2) is 0 Å². The molecule has 0 unspecified atom stereocenters. The maximum Gasteiger partial charge on any atom is 0.142 e. The number of hydrogen-bond acceptors (Lipinski definition) is 2. The van der Waals surface area contributed by atoms with Crippen LogP contribution in [0.5, 0.6) is 0 Å². The first-order valence-corrected chi connectivity index (χ1v) is 5.03. The molecule has 0 atom stereocenters. The zero-order chi connectivity index (χ0) is 11.2. The zero-order valence-corrected chi connectivity index (χ0v) is 8.71. The fraction of sp³-hybridized carbons (Fsp3) is 0. The van der Waals surface area contributed by atoms with Crippen LogP contribution < -0.4 is 0 Å². The van der Waals surface area contributed by atoms with E-state index < -0.39 is 0 Å². The summed E-state index contributed by atoms with van der Waals surface area (Å²) in [7, 11) is 0. The van der Waals surface area contributed by atoms with E-state index in [9.17, 15) is 4.79 Å². The van der Waals surface area contributed by atoms with Gasteiger partial charge in [0, 0.05) is 6.20 Å². The van der Waals surface area contributed by atoms with Crippen LogP contribution in [0.15, 0.2) is 54.7 Å². The number of nitrogens with zero attached hydrogens (tertiary/aromatic N) is 1. The predicted molar refractivity (Wildman–Crippen MR) is 64.8 cm³/mol. The molecule has 2 heteroatoms. The minimum Gasteiger partial charge on any atom is -0.299 e. The van der Waals surface area contributed by atoms with E-state index in [-0.39, 0.29) is 0 Å². The maximum atomic E-state index is 10.2. The molecule has 0 aliphatic heterocycles. The molecule has 0 N–H and O–H groups in total. The van der Waals surface area contributed by atoms with Crippen molar-refractivity contribution in [1.29, 1.82) is 0 Å². The Bertz CT molecular complexity index is 503. The van der Waals surface area contributed by atoms with E-state index in [0.717, 1.165) is 23.1 Å². The molecule has 0 bridgehead atoms. The van der Waals surface area contributed by atoms with Crippen molar-refractivity contribution in [3.63, 3.8) is 0 Å². The van der Waals surface area contributed by atoms with Crippen molar-refractivity contribution >= 4 is 12.4 Å². The van der Waals surface area contributed by atoms with E-state index in [0.29, 0.717) is 0 Å². The Labute approximate surface area is 94.3 Å². The first-order chi connectivity index (χ1) is 7.90. The number of pyridine rings is 1. The summed E-state index contributed by atoms with van der Waals surface area (Å²) in [6.45, 7) is 0. The Kier molecular flexibility index (Phi) is 3.24. The fourth-order valence-electron chi connectivity index (χ4n) is 1.49. The van der Waals surface area contributed by atoms with Gasteiger partial charge < -0.3 is 0 Å². The highest BCUT2D eigenvalue weighted by molar-refractivity contribution is 5.74. The summed E-state index contributed by atoms with van der Waals surface area (Å²) in [5.41, 5.74) is 3.03. The largest absolute Gasteiger partial charge is 0.299 e. The predicted octanol–water partition coefficient (Wildman–Crippen LogP) is 2.96. The maximum absolute atomic E-state index is 10.2. The van der Waals surface area contributed by atoms with Crippen molar-refractivity contribution in [3.8, 4) is 11.1 Å². The lowest BCUT2D eigenvalue weighted by atomic mass is 10.1. The number of allylic oxidation sites excluding steroid dienone is 1. The van der Waals surface area contributed by atoms with Gasteiger partial charge in [0.25, 0.3) is 0 Å². The number of carbonyl (C=O) groups is 1. The highest BCUT2D eigenvalue weighted by Crippen LogP contribution is 2.18. The summed E-state index contributed by atoms with van der Waals surface area (Å²) >= 11 is 0. The quantitative estimate of drug-likeness (QED) is 0.574. The minimum atomic E-state index is 0.747. The second kappa shape index (κ2) is 5.03. The van der Waals surface area contributed by atoms with Crippen molar-refractivity contribution in [2.45, 2.75) is 0 Å². The third kappa shape index (κ3) is 2.42. The molecule has 0 saturated heterocycles. The molecule has 2 nitrogen and oxygen atoms in total. The van der Waals surface area contributed by atoms with Gasteiger partial charge in [-0.25, -0.2) is 0 Å². The minimum absolute atomic E-state index is 0.747. The van der Waals surface area contributed by atoms with Crippen LogP contribution >= 0.6 is 0 Å². The Morgan fingerprint density at radius 2 is 1.81 bits per heavy atom. The molecule has 0 fully saturated rings. The Hall–Kier alpha value is -2.22. The monoisotopic (exact) mass is 209 g/mol. The van der Waals surface area contributed by atoms with Gasteiger partial charge in [-0.05, 0) is 35.4 Å². The van der Waals surface area contributed by atoms with Gasteiger partial charge in [0.1, 0.15) is 6.29 Å².